The molecule has 2 aromatic carbocycles. The van der Waals surface area contributed by atoms with Crippen molar-refractivity contribution in [1.29, 1.82) is 0 Å². The standard InChI is InChI=1S/C26H30N2O6S/c1-25(2,3)34-24(31)28-20(22(29)33-5)16-35-26(28)21(18-9-7-6-8-10-18)27(23(26)30)15-17-11-13-19(32-4)14-12-17/h6-14,20-21H,15-16H2,1-5H3/t20-,21-,26-/m0/s1. The molecular weight excluding hydrogens is 468 g/mol. The van der Waals surface area contributed by atoms with Crippen molar-refractivity contribution in [2.75, 3.05) is 20.0 Å². The molecule has 35 heavy (non-hydrogen) atoms. The van der Waals surface area contributed by atoms with Gasteiger partial charge in [-0.05, 0) is 44.0 Å². The number of carbonyl (C=O) groups excluding carboxylic acids is 3. The van der Waals surface area contributed by atoms with Gasteiger partial charge in [0.25, 0.3) is 5.91 Å². The quantitative estimate of drug-likeness (QED) is 0.455. The molecule has 2 aliphatic rings. The van der Waals surface area contributed by atoms with Crippen molar-refractivity contribution in [2.45, 2.75) is 49.9 Å². The second-order valence-corrected chi connectivity index (χ2v) is 10.7. The topological polar surface area (TPSA) is 85.4 Å². The summed E-state index contributed by atoms with van der Waals surface area (Å²) in [5.74, 6) is 0.137. The van der Waals surface area contributed by atoms with Gasteiger partial charge in [0, 0.05) is 12.3 Å². The molecule has 0 aliphatic carbocycles. The number of β-lactam (4-membered cyclic amide) rings is 1. The Bertz CT molecular complexity index is 1100. The van der Waals surface area contributed by atoms with Gasteiger partial charge in [0.1, 0.15) is 17.4 Å². The number of ether oxygens (including phenoxy) is 3. The van der Waals surface area contributed by atoms with Gasteiger partial charge in [0.05, 0.1) is 20.3 Å². The summed E-state index contributed by atoms with van der Waals surface area (Å²) in [4.78, 5) is 41.8. The highest BCUT2D eigenvalue weighted by Gasteiger charge is 2.71. The lowest BCUT2D eigenvalue weighted by Crippen LogP contribution is -2.74. The summed E-state index contributed by atoms with van der Waals surface area (Å²) in [5.41, 5.74) is 0.989. The van der Waals surface area contributed by atoms with Crippen molar-refractivity contribution < 1.29 is 28.6 Å². The summed E-state index contributed by atoms with van der Waals surface area (Å²) in [6.07, 6.45) is -0.712. The number of hydrogen-bond acceptors (Lipinski definition) is 7. The molecule has 186 valence electrons. The first-order chi connectivity index (χ1) is 16.6. The molecular formula is C26H30N2O6S. The van der Waals surface area contributed by atoms with E-state index in [-0.39, 0.29) is 11.7 Å². The Kier molecular flexibility index (Phi) is 6.73. The fourth-order valence-electron chi connectivity index (χ4n) is 4.56. The number of thioether (sulfide) groups is 1. The van der Waals surface area contributed by atoms with Crippen LogP contribution < -0.4 is 4.74 Å². The van der Waals surface area contributed by atoms with Crippen LogP contribution in [0, 0.1) is 0 Å². The Morgan fingerprint density at radius 1 is 1.06 bits per heavy atom. The van der Waals surface area contributed by atoms with Gasteiger partial charge in [0.2, 0.25) is 0 Å². The van der Waals surface area contributed by atoms with Gasteiger partial charge < -0.3 is 19.1 Å². The first kappa shape index (κ1) is 24.9. The molecule has 9 heteroatoms. The number of methoxy groups -OCH3 is 2. The minimum Gasteiger partial charge on any atom is -0.497 e. The van der Waals surface area contributed by atoms with E-state index in [1.807, 2.05) is 54.6 Å². The number of carbonyl (C=O) groups is 3. The van der Waals surface area contributed by atoms with E-state index in [0.29, 0.717) is 6.54 Å². The smallest absolute Gasteiger partial charge is 0.412 e. The lowest BCUT2D eigenvalue weighted by atomic mass is 9.85. The molecule has 2 saturated heterocycles. The van der Waals surface area contributed by atoms with Gasteiger partial charge in [-0.1, -0.05) is 42.5 Å². The Labute approximate surface area is 209 Å². The lowest BCUT2D eigenvalue weighted by molar-refractivity contribution is -0.169. The minimum absolute atomic E-state index is 0.233. The van der Waals surface area contributed by atoms with Crippen molar-refractivity contribution in [3.05, 3.63) is 65.7 Å². The molecule has 2 heterocycles. The molecule has 0 aromatic heterocycles. The van der Waals surface area contributed by atoms with E-state index in [0.717, 1.165) is 16.9 Å². The van der Waals surface area contributed by atoms with Gasteiger partial charge in [0.15, 0.2) is 4.87 Å². The Balaban J connectivity index is 1.76. The number of benzene rings is 2. The highest BCUT2D eigenvalue weighted by atomic mass is 32.2. The van der Waals surface area contributed by atoms with Crippen molar-refractivity contribution in [3.8, 4) is 5.75 Å². The maximum Gasteiger partial charge on any atom is 0.412 e. The van der Waals surface area contributed by atoms with Gasteiger partial charge in [-0.25, -0.2) is 9.59 Å². The van der Waals surface area contributed by atoms with E-state index in [2.05, 4.69) is 0 Å². The van der Waals surface area contributed by atoms with Crippen LogP contribution in [0.1, 0.15) is 37.9 Å². The molecule has 2 fully saturated rings. The van der Waals surface area contributed by atoms with Crippen molar-refractivity contribution in [1.82, 2.24) is 9.80 Å². The summed E-state index contributed by atoms with van der Waals surface area (Å²) in [6, 6.07) is 15.6. The predicted octanol–water partition coefficient (Wildman–Crippen LogP) is 4.00. The van der Waals surface area contributed by atoms with Gasteiger partial charge >= 0.3 is 12.1 Å². The van der Waals surface area contributed by atoms with Crippen molar-refractivity contribution in [2.24, 2.45) is 0 Å². The average Bonchev–Trinajstić information content (AvgIpc) is 3.26. The SMILES string of the molecule is COC(=O)[C@@H]1CS[C@@]2(C(=O)N(Cc3ccc(OC)cc3)[C@H]2c2ccccc2)N1C(=O)OC(C)(C)C. The molecule has 0 N–H and O–H groups in total. The molecule has 3 atom stereocenters. The van der Waals surface area contributed by atoms with Crippen LogP contribution in [0.25, 0.3) is 0 Å². The predicted molar refractivity (Wildman–Crippen MR) is 132 cm³/mol. The van der Waals surface area contributed by atoms with Crippen molar-refractivity contribution >= 4 is 29.7 Å². The largest absolute Gasteiger partial charge is 0.497 e. The maximum absolute atomic E-state index is 13.9. The van der Waals surface area contributed by atoms with Crippen LogP contribution in [0.4, 0.5) is 4.79 Å². The monoisotopic (exact) mass is 498 g/mol. The van der Waals surface area contributed by atoms with E-state index >= 15 is 0 Å². The van der Waals surface area contributed by atoms with Gasteiger partial charge in [-0.2, -0.15) is 0 Å². The number of nitrogens with zero attached hydrogens (tertiary/aromatic N) is 2. The van der Waals surface area contributed by atoms with Crippen LogP contribution in [0.15, 0.2) is 54.6 Å². The van der Waals surface area contributed by atoms with Gasteiger partial charge in [-0.15, -0.1) is 11.8 Å². The van der Waals surface area contributed by atoms with E-state index < -0.39 is 34.6 Å². The number of esters is 1. The summed E-state index contributed by atoms with van der Waals surface area (Å²) in [5, 5.41) is 0. The first-order valence-electron chi connectivity index (χ1n) is 11.4. The normalized spacial score (nSPS) is 23.7. The van der Waals surface area contributed by atoms with Crippen LogP contribution in [0.3, 0.4) is 0 Å². The second kappa shape index (κ2) is 9.45. The molecule has 2 amide bonds. The molecule has 0 bridgehead atoms. The molecule has 8 nitrogen and oxygen atoms in total. The molecule has 0 unspecified atom stereocenters. The van der Waals surface area contributed by atoms with Crippen LogP contribution in [0.2, 0.25) is 0 Å². The van der Waals surface area contributed by atoms with Crippen LogP contribution in [-0.2, 0) is 25.6 Å². The zero-order valence-electron chi connectivity index (χ0n) is 20.5. The minimum atomic E-state index is -1.31. The Hall–Kier alpha value is -3.20. The van der Waals surface area contributed by atoms with Crippen LogP contribution in [-0.4, -0.2) is 64.3 Å². The highest BCUT2D eigenvalue weighted by molar-refractivity contribution is 8.01. The summed E-state index contributed by atoms with van der Waals surface area (Å²) >= 11 is 1.29. The fourth-order valence-corrected chi connectivity index (χ4v) is 6.26. The zero-order valence-corrected chi connectivity index (χ0v) is 21.3. The fraction of sp³-hybridized carbons (Fsp3) is 0.423. The van der Waals surface area contributed by atoms with E-state index in [1.165, 1.54) is 23.8 Å². The third-order valence-electron chi connectivity index (χ3n) is 6.07. The zero-order chi connectivity index (χ0) is 25.4. The van der Waals surface area contributed by atoms with Crippen molar-refractivity contribution in [3.63, 3.8) is 0 Å². The molecule has 1 spiro atoms. The molecule has 0 saturated carbocycles. The number of hydrogen-bond donors (Lipinski definition) is 0. The second-order valence-electron chi connectivity index (χ2n) is 9.49. The summed E-state index contributed by atoms with van der Waals surface area (Å²) in [6.45, 7) is 5.60. The van der Waals surface area contributed by atoms with E-state index in [1.54, 1.807) is 32.8 Å². The van der Waals surface area contributed by atoms with Crippen LogP contribution in [0.5, 0.6) is 5.75 Å². The average molecular weight is 499 g/mol. The molecule has 2 aliphatic heterocycles. The maximum atomic E-state index is 13.9. The molecule has 2 aromatic rings. The summed E-state index contributed by atoms with van der Waals surface area (Å²) < 4.78 is 15.9. The molecule has 4 rings (SSSR count). The number of rotatable bonds is 5. The third-order valence-corrected chi connectivity index (χ3v) is 7.59. The number of amides is 2. The summed E-state index contributed by atoms with van der Waals surface area (Å²) in [7, 11) is 2.88. The first-order valence-corrected chi connectivity index (χ1v) is 12.3. The number of likely N-dealkylation sites (tertiary alicyclic amines) is 1. The van der Waals surface area contributed by atoms with Crippen LogP contribution >= 0.6 is 11.8 Å². The lowest BCUT2D eigenvalue weighted by Gasteiger charge is -2.57. The van der Waals surface area contributed by atoms with E-state index in [4.69, 9.17) is 14.2 Å². The Morgan fingerprint density at radius 2 is 1.71 bits per heavy atom. The molecule has 0 radical (unpaired) electrons. The Morgan fingerprint density at radius 3 is 2.29 bits per heavy atom. The van der Waals surface area contributed by atoms with E-state index in [9.17, 15) is 14.4 Å². The highest BCUT2D eigenvalue weighted by Crippen LogP contribution is 2.59. The van der Waals surface area contributed by atoms with Gasteiger partial charge in [-0.3, -0.25) is 9.69 Å². The third kappa shape index (κ3) is 4.45.